The Morgan fingerprint density at radius 2 is 1.81 bits per heavy atom. The van der Waals surface area contributed by atoms with E-state index in [4.69, 9.17) is 0 Å². The van der Waals surface area contributed by atoms with Crippen molar-refractivity contribution < 1.29 is 0 Å². The molecule has 2 bridgehead atoms. The number of likely N-dealkylation sites (tertiary alicyclic amines) is 2. The molecule has 3 aliphatic rings. The summed E-state index contributed by atoms with van der Waals surface area (Å²) >= 11 is 0. The van der Waals surface area contributed by atoms with Crippen LogP contribution >= 0.6 is 0 Å². The highest BCUT2D eigenvalue weighted by Gasteiger charge is 2.38. The monoisotopic (exact) mass is 365 g/mol. The van der Waals surface area contributed by atoms with Crippen LogP contribution in [0.1, 0.15) is 30.9 Å². The van der Waals surface area contributed by atoms with Crippen molar-refractivity contribution in [2.45, 2.75) is 37.8 Å². The summed E-state index contributed by atoms with van der Waals surface area (Å²) in [6.45, 7) is 5.43. The van der Waals surface area contributed by atoms with E-state index in [1.54, 1.807) is 12.4 Å². The number of piperidine rings is 2. The summed E-state index contributed by atoms with van der Waals surface area (Å²) in [5.41, 5.74) is 3.47. The second-order valence-corrected chi connectivity index (χ2v) is 8.50. The molecular weight excluding hydrogens is 338 g/mol. The van der Waals surface area contributed by atoms with Gasteiger partial charge in [0.2, 0.25) is 0 Å². The number of nitrogens with zero attached hydrogens (tertiary/aromatic N) is 5. The number of pyridine rings is 1. The molecule has 142 valence electrons. The smallest absolute Gasteiger partial charge is 0.250 e. The Hall–Kier alpha value is -2.05. The molecule has 3 aliphatic heterocycles. The van der Waals surface area contributed by atoms with Crippen LogP contribution in [0.25, 0.3) is 11.1 Å². The molecule has 2 fully saturated rings. The van der Waals surface area contributed by atoms with Gasteiger partial charge in [-0.15, -0.1) is 0 Å². The zero-order chi connectivity index (χ0) is 18.4. The topological polar surface area (TPSA) is 54.3 Å². The van der Waals surface area contributed by atoms with E-state index in [0.29, 0.717) is 17.9 Å². The molecule has 27 heavy (non-hydrogen) atoms. The summed E-state index contributed by atoms with van der Waals surface area (Å²) in [7, 11) is 2.22. The van der Waals surface area contributed by atoms with Gasteiger partial charge in [-0.3, -0.25) is 9.69 Å². The number of aromatic nitrogens is 3. The van der Waals surface area contributed by atoms with Gasteiger partial charge in [0.05, 0.1) is 0 Å². The van der Waals surface area contributed by atoms with Crippen LogP contribution in [-0.4, -0.2) is 63.6 Å². The zero-order valence-corrected chi connectivity index (χ0v) is 15.9. The van der Waals surface area contributed by atoms with Gasteiger partial charge in [-0.25, -0.2) is 9.97 Å². The molecule has 0 radical (unpaired) electrons. The highest BCUT2D eigenvalue weighted by Crippen LogP contribution is 2.40. The van der Waals surface area contributed by atoms with Crippen molar-refractivity contribution in [3.05, 3.63) is 46.9 Å². The maximum Gasteiger partial charge on any atom is 0.250 e. The zero-order valence-electron chi connectivity index (χ0n) is 15.9. The van der Waals surface area contributed by atoms with Gasteiger partial charge < -0.3 is 9.47 Å². The maximum atomic E-state index is 12.6. The third-order valence-corrected chi connectivity index (χ3v) is 6.69. The third-order valence-electron chi connectivity index (χ3n) is 6.69. The lowest BCUT2D eigenvalue weighted by atomic mass is 9.80. The van der Waals surface area contributed by atoms with E-state index in [1.165, 1.54) is 38.0 Å². The quantitative estimate of drug-likeness (QED) is 0.813. The van der Waals surface area contributed by atoms with Crippen molar-refractivity contribution in [1.29, 1.82) is 0 Å². The molecule has 0 spiro atoms. The van der Waals surface area contributed by atoms with Crippen molar-refractivity contribution in [3.8, 4) is 11.1 Å². The Morgan fingerprint density at radius 3 is 2.59 bits per heavy atom. The van der Waals surface area contributed by atoms with Crippen LogP contribution in [0.5, 0.6) is 0 Å². The molecule has 2 aromatic heterocycles. The summed E-state index contributed by atoms with van der Waals surface area (Å²) in [5, 5.41) is 0. The van der Waals surface area contributed by atoms with E-state index in [1.807, 2.05) is 23.0 Å². The van der Waals surface area contributed by atoms with Crippen molar-refractivity contribution >= 4 is 0 Å². The summed E-state index contributed by atoms with van der Waals surface area (Å²) in [6.07, 6.45) is 8.99. The first-order chi connectivity index (χ1) is 13.2. The SMILES string of the molecule is CN1CCC(N2C[C@H]3C[C@H](C2)c2c(-c4cncnc4)ccc(=O)n2C3)CC1. The average molecular weight is 365 g/mol. The van der Waals surface area contributed by atoms with Crippen LogP contribution in [0.4, 0.5) is 0 Å². The van der Waals surface area contributed by atoms with Gasteiger partial charge in [0, 0.05) is 66.9 Å². The van der Waals surface area contributed by atoms with Crippen molar-refractivity contribution in [2.75, 3.05) is 33.2 Å². The molecule has 2 atom stereocenters. The molecule has 0 aliphatic carbocycles. The Labute approximate surface area is 159 Å². The minimum absolute atomic E-state index is 0.132. The summed E-state index contributed by atoms with van der Waals surface area (Å²) < 4.78 is 2.03. The number of fused-ring (bicyclic) bond motifs is 4. The molecule has 0 N–H and O–H groups in total. The highest BCUT2D eigenvalue weighted by atomic mass is 16.1. The average Bonchev–Trinajstić information content (AvgIpc) is 2.70. The molecule has 0 amide bonds. The largest absolute Gasteiger partial charge is 0.311 e. The maximum absolute atomic E-state index is 12.6. The van der Waals surface area contributed by atoms with Gasteiger partial charge in [-0.2, -0.15) is 0 Å². The first-order valence-corrected chi connectivity index (χ1v) is 10.1. The van der Waals surface area contributed by atoms with Gasteiger partial charge in [-0.1, -0.05) is 0 Å². The van der Waals surface area contributed by atoms with Crippen LogP contribution in [0, 0.1) is 5.92 Å². The van der Waals surface area contributed by atoms with Crippen molar-refractivity contribution in [3.63, 3.8) is 0 Å². The lowest BCUT2D eigenvalue weighted by Crippen LogP contribution is -2.53. The van der Waals surface area contributed by atoms with Crippen LogP contribution < -0.4 is 5.56 Å². The number of hydrogen-bond acceptors (Lipinski definition) is 5. The normalized spacial score (nSPS) is 26.7. The van der Waals surface area contributed by atoms with E-state index < -0.39 is 0 Å². The summed E-state index contributed by atoms with van der Waals surface area (Å²) in [4.78, 5) is 26.2. The van der Waals surface area contributed by atoms with E-state index >= 15 is 0 Å². The number of hydrogen-bond donors (Lipinski definition) is 0. The van der Waals surface area contributed by atoms with E-state index in [-0.39, 0.29) is 5.56 Å². The molecule has 6 nitrogen and oxygen atoms in total. The predicted molar refractivity (Wildman–Crippen MR) is 105 cm³/mol. The standard InChI is InChI=1S/C21H27N5O/c1-24-6-4-18(5-7-24)25-11-15-8-16(13-25)21-19(17-9-22-14-23-10-17)2-3-20(27)26(21)12-15/h2-3,9-10,14-16,18H,4-8,11-13H2,1H3/t15-,16-/m1/s1. The molecule has 6 heteroatoms. The second kappa shape index (κ2) is 6.84. The van der Waals surface area contributed by atoms with Gasteiger partial charge in [0.25, 0.3) is 5.56 Å². The lowest BCUT2D eigenvalue weighted by Gasteiger charge is -2.47. The van der Waals surface area contributed by atoms with Crippen LogP contribution in [0.3, 0.4) is 0 Å². The number of rotatable bonds is 2. The molecule has 0 unspecified atom stereocenters. The van der Waals surface area contributed by atoms with E-state index in [2.05, 4.69) is 26.8 Å². The predicted octanol–water partition coefficient (Wildman–Crippen LogP) is 1.82. The first kappa shape index (κ1) is 17.1. The van der Waals surface area contributed by atoms with E-state index in [9.17, 15) is 4.79 Å². The fourth-order valence-electron chi connectivity index (χ4n) is 5.39. The summed E-state index contributed by atoms with van der Waals surface area (Å²) in [5.74, 6) is 0.997. The van der Waals surface area contributed by atoms with Gasteiger partial charge >= 0.3 is 0 Å². The van der Waals surface area contributed by atoms with Crippen LogP contribution in [-0.2, 0) is 6.54 Å². The molecule has 0 saturated carbocycles. The molecule has 0 aromatic carbocycles. The minimum atomic E-state index is 0.132. The molecule has 2 aromatic rings. The highest BCUT2D eigenvalue weighted by molar-refractivity contribution is 5.65. The fourth-order valence-corrected chi connectivity index (χ4v) is 5.39. The fraction of sp³-hybridized carbons (Fsp3) is 0.571. The van der Waals surface area contributed by atoms with E-state index in [0.717, 1.165) is 30.8 Å². The van der Waals surface area contributed by atoms with Crippen molar-refractivity contribution in [2.24, 2.45) is 5.92 Å². The lowest BCUT2D eigenvalue weighted by molar-refractivity contribution is 0.0519. The minimum Gasteiger partial charge on any atom is -0.311 e. The van der Waals surface area contributed by atoms with Crippen LogP contribution in [0.2, 0.25) is 0 Å². The Kier molecular flexibility index (Phi) is 4.32. The molecule has 5 rings (SSSR count). The Morgan fingerprint density at radius 1 is 1.04 bits per heavy atom. The molecule has 2 saturated heterocycles. The Balaban J connectivity index is 1.50. The molecular formula is C21H27N5O. The Bertz CT molecular complexity index is 872. The van der Waals surface area contributed by atoms with Gasteiger partial charge in [0.15, 0.2) is 0 Å². The first-order valence-electron chi connectivity index (χ1n) is 10.1. The third kappa shape index (κ3) is 3.11. The molecule has 5 heterocycles. The van der Waals surface area contributed by atoms with Crippen molar-refractivity contribution in [1.82, 2.24) is 24.3 Å². The second-order valence-electron chi connectivity index (χ2n) is 8.50. The van der Waals surface area contributed by atoms with Gasteiger partial charge in [-0.05, 0) is 51.4 Å². The van der Waals surface area contributed by atoms with Gasteiger partial charge in [0.1, 0.15) is 6.33 Å². The van der Waals surface area contributed by atoms with Crippen LogP contribution in [0.15, 0.2) is 35.6 Å². The summed E-state index contributed by atoms with van der Waals surface area (Å²) in [6, 6.07) is 4.38.